The van der Waals surface area contributed by atoms with E-state index in [0.717, 1.165) is 6.33 Å². The van der Waals surface area contributed by atoms with Crippen LogP contribution < -0.4 is 0 Å². The molecule has 1 aliphatic heterocycles. The molecule has 1 aromatic rings. The van der Waals surface area contributed by atoms with Gasteiger partial charge in [-0.25, -0.2) is 0 Å². The zero-order chi connectivity index (χ0) is 12.2. The summed E-state index contributed by atoms with van der Waals surface area (Å²) in [6, 6.07) is 0. The first-order chi connectivity index (χ1) is 7.20. The quantitative estimate of drug-likeness (QED) is 0.655. The summed E-state index contributed by atoms with van der Waals surface area (Å²) in [5.74, 6) is -16.7. The van der Waals surface area contributed by atoms with E-state index in [4.69, 9.17) is 0 Å². The molecule has 0 aliphatic carbocycles. The summed E-state index contributed by atoms with van der Waals surface area (Å²) in [5.41, 5.74) is 0. The van der Waals surface area contributed by atoms with Crippen molar-refractivity contribution in [1.82, 2.24) is 14.8 Å². The molecule has 2 rings (SSSR count). The SMILES string of the molecule is FC1(F)CCn2cnnc2C(F)(F)C1(F)F. The van der Waals surface area contributed by atoms with E-state index in [1.807, 2.05) is 0 Å². The summed E-state index contributed by atoms with van der Waals surface area (Å²) in [5, 5.41) is 5.79. The summed E-state index contributed by atoms with van der Waals surface area (Å²) >= 11 is 0. The summed E-state index contributed by atoms with van der Waals surface area (Å²) in [6.45, 7) is -0.680. The van der Waals surface area contributed by atoms with Crippen LogP contribution in [0.25, 0.3) is 0 Å². The first-order valence-electron chi connectivity index (χ1n) is 4.22. The Labute approximate surface area is 85.1 Å². The summed E-state index contributed by atoms with van der Waals surface area (Å²) in [7, 11) is 0. The third-order valence-electron chi connectivity index (χ3n) is 2.42. The van der Waals surface area contributed by atoms with Gasteiger partial charge in [-0.05, 0) is 0 Å². The largest absolute Gasteiger partial charge is 0.379 e. The Bertz CT molecular complexity index is 412. The lowest BCUT2D eigenvalue weighted by Crippen LogP contribution is -2.51. The molecule has 1 aromatic heterocycles. The molecule has 0 saturated carbocycles. The van der Waals surface area contributed by atoms with E-state index >= 15 is 0 Å². The van der Waals surface area contributed by atoms with Crippen molar-refractivity contribution < 1.29 is 26.3 Å². The first kappa shape index (κ1) is 11.2. The van der Waals surface area contributed by atoms with E-state index < -0.39 is 36.6 Å². The van der Waals surface area contributed by atoms with Crippen LogP contribution in [0.15, 0.2) is 6.33 Å². The molecule has 0 bridgehead atoms. The highest BCUT2D eigenvalue weighted by molar-refractivity contribution is 5.10. The third kappa shape index (κ3) is 1.17. The van der Waals surface area contributed by atoms with Gasteiger partial charge in [-0.15, -0.1) is 10.2 Å². The highest BCUT2D eigenvalue weighted by Gasteiger charge is 2.74. The van der Waals surface area contributed by atoms with Crippen molar-refractivity contribution in [3.8, 4) is 0 Å². The fourth-order valence-corrected chi connectivity index (χ4v) is 1.45. The lowest BCUT2D eigenvalue weighted by molar-refractivity contribution is -0.315. The molecule has 2 heterocycles. The van der Waals surface area contributed by atoms with E-state index in [1.165, 1.54) is 0 Å². The lowest BCUT2D eigenvalue weighted by atomic mass is 10.0. The fraction of sp³-hybridized carbons (Fsp3) is 0.714. The molecule has 0 atom stereocenters. The molecular weight excluding hydrogens is 240 g/mol. The predicted molar refractivity (Wildman–Crippen MR) is 38.4 cm³/mol. The van der Waals surface area contributed by atoms with Gasteiger partial charge >= 0.3 is 17.8 Å². The molecule has 0 fully saturated rings. The molecule has 0 unspecified atom stereocenters. The molecular formula is C7H5F6N3. The second-order valence-corrected chi connectivity index (χ2v) is 3.45. The average Bonchev–Trinajstić information content (AvgIpc) is 2.60. The van der Waals surface area contributed by atoms with E-state index in [1.54, 1.807) is 0 Å². The molecule has 16 heavy (non-hydrogen) atoms. The molecule has 0 spiro atoms. The minimum atomic E-state index is -5.47. The van der Waals surface area contributed by atoms with Gasteiger partial charge in [0.25, 0.3) is 0 Å². The van der Waals surface area contributed by atoms with Crippen molar-refractivity contribution in [2.75, 3.05) is 0 Å². The van der Waals surface area contributed by atoms with Crippen LogP contribution >= 0.6 is 0 Å². The van der Waals surface area contributed by atoms with Gasteiger partial charge in [-0.1, -0.05) is 0 Å². The van der Waals surface area contributed by atoms with Crippen LogP contribution in [0.3, 0.4) is 0 Å². The van der Waals surface area contributed by atoms with Gasteiger partial charge in [0.1, 0.15) is 6.33 Å². The van der Waals surface area contributed by atoms with Crippen molar-refractivity contribution in [1.29, 1.82) is 0 Å². The maximum atomic E-state index is 13.2. The fourth-order valence-electron chi connectivity index (χ4n) is 1.45. The molecule has 0 radical (unpaired) electrons. The van der Waals surface area contributed by atoms with E-state index in [9.17, 15) is 26.3 Å². The van der Waals surface area contributed by atoms with Gasteiger partial charge in [0, 0.05) is 13.0 Å². The third-order valence-corrected chi connectivity index (χ3v) is 2.42. The number of rotatable bonds is 0. The van der Waals surface area contributed by atoms with Gasteiger partial charge in [-0.2, -0.15) is 26.3 Å². The van der Waals surface area contributed by atoms with E-state index in [0.29, 0.717) is 4.57 Å². The number of hydrogen-bond acceptors (Lipinski definition) is 2. The van der Waals surface area contributed by atoms with Crippen LogP contribution in [0.5, 0.6) is 0 Å². The Morgan fingerprint density at radius 1 is 1.12 bits per heavy atom. The number of nitrogens with zero attached hydrogens (tertiary/aromatic N) is 3. The highest BCUT2D eigenvalue weighted by Crippen LogP contribution is 2.53. The number of aromatic nitrogens is 3. The van der Waals surface area contributed by atoms with E-state index in [-0.39, 0.29) is 0 Å². The Balaban J connectivity index is 2.61. The molecule has 3 nitrogen and oxygen atoms in total. The molecule has 9 heteroatoms. The molecule has 0 aromatic carbocycles. The second-order valence-electron chi connectivity index (χ2n) is 3.45. The molecule has 1 aliphatic rings. The maximum absolute atomic E-state index is 13.2. The number of fused-ring (bicyclic) bond motifs is 1. The molecule has 0 saturated heterocycles. The molecule has 90 valence electrons. The van der Waals surface area contributed by atoms with Gasteiger partial charge in [0.05, 0.1) is 0 Å². The van der Waals surface area contributed by atoms with Crippen molar-refractivity contribution in [2.45, 2.75) is 30.7 Å². The number of halogens is 6. The van der Waals surface area contributed by atoms with Crippen LogP contribution in [-0.2, 0) is 12.5 Å². The van der Waals surface area contributed by atoms with Crippen molar-refractivity contribution in [3.05, 3.63) is 12.2 Å². The minimum Gasteiger partial charge on any atom is -0.312 e. The first-order valence-corrected chi connectivity index (χ1v) is 4.22. The smallest absolute Gasteiger partial charge is 0.312 e. The van der Waals surface area contributed by atoms with Crippen LogP contribution in [0.1, 0.15) is 12.2 Å². The Morgan fingerprint density at radius 3 is 2.38 bits per heavy atom. The van der Waals surface area contributed by atoms with Crippen molar-refractivity contribution in [3.63, 3.8) is 0 Å². The maximum Gasteiger partial charge on any atom is 0.379 e. The topological polar surface area (TPSA) is 30.7 Å². The zero-order valence-corrected chi connectivity index (χ0v) is 7.60. The van der Waals surface area contributed by atoms with Gasteiger partial charge < -0.3 is 4.57 Å². The lowest BCUT2D eigenvalue weighted by Gasteiger charge is -2.29. The van der Waals surface area contributed by atoms with Crippen LogP contribution in [0.4, 0.5) is 26.3 Å². The Morgan fingerprint density at radius 2 is 1.75 bits per heavy atom. The van der Waals surface area contributed by atoms with Gasteiger partial charge in [-0.3, -0.25) is 0 Å². The Hall–Kier alpha value is -1.28. The van der Waals surface area contributed by atoms with Gasteiger partial charge in [0.15, 0.2) is 0 Å². The van der Waals surface area contributed by atoms with Crippen molar-refractivity contribution in [2.24, 2.45) is 0 Å². The minimum absolute atomic E-state index is 0.509. The highest BCUT2D eigenvalue weighted by atomic mass is 19.3. The van der Waals surface area contributed by atoms with Crippen LogP contribution in [0.2, 0.25) is 0 Å². The predicted octanol–water partition coefficient (Wildman–Crippen LogP) is 2.04. The Kier molecular flexibility index (Phi) is 2.02. The second kappa shape index (κ2) is 2.89. The summed E-state index contributed by atoms with van der Waals surface area (Å²) in [4.78, 5) is 0. The zero-order valence-electron chi connectivity index (χ0n) is 7.60. The molecule has 0 amide bonds. The van der Waals surface area contributed by atoms with Crippen molar-refractivity contribution >= 4 is 0 Å². The average molecular weight is 245 g/mol. The van der Waals surface area contributed by atoms with Crippen LogP contribution in [0, 0.1) is 0 Å². The summed E-state index contributed by atoms with van der Waals surface area (Å²) in [6.07, 6.45) is -0.665. The number of alkyl halides is 6. The normalized spacial score (nSPS) is 25.9. The van der Waals surface area contributed by atoms with Gasteiger partial charge in [0.2, 0.25) is 5.82 Å². The van der Waals surface area contributed by atoms with Crippen LogP contribution in [-0.4, -0.2) is 26.6 Å². The number of hydrogen-bond donors (Lipinski definition) is 0. The van der Waals surface area contributed by atoms with E-state index in [2.05, 4.69) is 10.2 Å². The molecule has 0 N–H and O–H groups in total. The summed E-state index contributed by atoms with van der Waals surface area (Å²) < 4.78 is 78.7. The number of aryl methyl sites for hydroxylation is 1. The standard InChI is InChI=1S/C7H5F6N3/c8-5(9)1-2-16-3-14-15-4(16)6(10,11)7(5,12)13/h3H,1-2H2. The monoisotopic (exact) mass is 245 g/mol.